The number of carbonyl (C=O) groups excluding carboxylic acids is 1. The molecule has 1 saturated heterocycles. The molecule has 0 N–H and O–H groups in total. The standard InChI is InChI=1S/C16H18ClN3O2/c1-11-7-14(22-2)3-4-15(11)16(21)19-6-5-13(10-19)20-9-12(17)8-18-20/h3-4,7-9,13H,5-6,10H2,1-2H3. The van der Waals surface area contributed by atoms with Gasteiger partial charge in [0.25, 0.3) is 5.91 Å². The molecule has 1 atom stereocenters. The summed E-state index contributed by atoms with van der Waals surface area (Å²) in [6.07, 6.45) is 4.32. The Morgan fingerprint density at radius 1 is 1.45 bits per heavy atom. The Balaban J connectivity index is 1.74. The molecule has 0 saturated carbocycles. The number of ether oxygens (including phenoxy) is 1. The summed E-state index contributed by atoms with van der Waals surface area (Å²) in [7, 11) is 1.62. The first-order valence-corrected chi connectivity index (χ1v) is 7.60. The molecule has 5 nitrogen and oxygen atoms in total. The van der Waals surface area contributed by atoms with E-state index < -0.39 is 0 Å². The molecule has 3 rings (SSSR count). The summed E-state index contributed by atoms with van der Waals surface area (Å²) in [5, 5.41) is 4.86. The minimum atomic E-state index is 0.0564. The number of nitrogens with zero attached hydrogens (tertiary/aromatic N) is 3. The van der Waals surface area contributed by atoms with E-state index in [-0.39, 0.29) is 11.9 Å². The maximum atomic E-state index is 12.7. The molecule has 1 aromatic carbocycles. The summed E-state index contributed by atoms with van der Waals surface area (Å²) < 4.78 is 7.03. The molecule has 0 bridgehead atoms. The highest BCUT2D eigenvalue weighted by Gasteiger charge is 2.29. The van der Waals surface area contributed by atoms with Crippen LogP contribution in [0.5, 0.6) is 5.75 Å². The molecule has 1 amide bonds. The predicted molar refractivity (Wildman–Crippen MR) is 84.5 cm³/mol. The molecule has 6 heteroatoms. The van der Waals surface area contributed by atoms with Crippen molar-refractivity contribution >= 4 is 17.5 Å². The zero-order valence-corrected chi connectivity index (χ0v) is 13.4. The molecule has 1 fully saturated rings. The van der Waals surface area contributed by atoms with Gasteiger partial charge in [-0.15, -0.1) is 0 Å². The number of likely N-dealkylation sites (tertiary alicyclic amines) is 1. The first-order valence-electron chi connectivity index (χ1n) is 7.22. The zero-order valence-electron chi connectivity index (χ0n) is 12.6. The Hall–Kier alpha value is -2.01. The lowest BCUT2D eigenvalue weighted by atomic mass is 10.1. The lowest BCUT2D eigenvalue weighted by Gasteiger charge is -2.18. The predicted octanol–water partition coefficient (Wildman–Crippen LogP) is 2.94. The molecule has 2 aromatic rings. The van der Waals surface area contributed by atoms with Gasteiger partial charge in [0.1, 0.15) is 5.75 Å². The number of hydrogen-bond donors (Lipinski definition) is 0. The number of hydrogen-bond acceptors (Lipinski definition) is 3. The number of aromatic nitrogens is 2. The van der Waals surface area contributed by atoms with Crippen molar-refractivity contribution in [2.24, 2.45) is 0 Å². The minimum Gasteiger partial charge on any atom is -0.497 e. The van der Waals surface area contributed by atoms with E-state index in [1.807, 2.05) is 34.7 Å². The molecular formula is C16H18ClN3O2. The maximum Gasteiger partial charge on any atom is 0.254 e. The largest absolute Gasteiger partial charge is 0.497 e. The second kappa shape index (κ2) is 6.01. The van der Waals surface area contributed by atoms with Crippen molar-refractivity contribution in [3.05, 3.63) is 46.7 Å². The third-order valence-corrected chi connectivity index (χ3v) is 4.25. The van der Waals surface area contributed by atoms with Crippen molar-refractivity contribution < 1.29 is 9.53 Å². The number of halogens is 1. The molecule has 1 aliphatic heterocycles. The molecule has 2 heterocycles. The van der Waals surface area contributed by atoms with Gasteiger partial charge in [0.2, 0.25) is 0 Å². The van der Waals surface area contributed by atoms with Crippen LogP contribution >= 0.6 is 11.6 Å². The number of methoxy groups -OCH3 is 1. The first-order chi connectivity index (χ1) is 10.6. The van der Waals surface area contributed by atoms with Gasteiger partial charge in [-0.3, -0.25) is 9.48 Å². The number of carbonyl (C=O) groups is 1. The Kier molecular flexibility index (Phi) is 4.07. The number of benzene rings is 1. The van der Waals surface area contributed by atoms with Crippen LogP contribution in [-0.2, 0) is 0 Å². The van der Waals surface area contributed by atoms with Crippen LogP contribution in [0.25, 0.3) is 0 Å². The van der Waals surface area contributed by atoms with E-state index in [0.717, 1.165) is 29.8 Å². The van der Waals surface area contributed by atoms with Crippen LogP contribution in [0.15, 0.2) is 30.6 Å². The van der Waals surface area contributed by atoms with Crippen LogP contribution in [0, 0.1) is 6.92 Å². The highest BCUT2D eigenvalue weighted by atomic mass is 35.5. The van der Waals surface area contributed by atoms with Gasteiger partial charge in [-0.25, -0.2) is 0 Å². The summed E-state index contributed by atoms with van der Waals surface area (Å²) in [6.45, 7) is 3.31. The fourth-order valence-electron chi connectivity index (χ4n) is 2.83. The van der Waals surface area contributed by atoms with E-state index in [9.17, 15) is 4.79 Å². The van der Waals surface area contributed by atoms with Gasteiger partial charge in [0.05, 0.1) is 24.4 Å². The van der Waals surface area contributed by atoms with Gasteiger partial charge in [-0.05, 0) is 37.1 Å². The summed E-state index contributed by atoms with van der Waals surface area (Å²) in [6, 6.07) is 5.72. The molecule has 1 aliphatic rings. The Morgan fingerprint density at radius 3 is 2.91 bits per heavy atom. The second-order valence-corrected chi connectivity index (χ2v) is 5.95. The van der Waals surface area contributed by atoms with Gasteiger partial charge < -0.3 is 9.64 Å². The van der Waals surface area contributed by atoms with Crippen molar-refractivity contribution in [3.63, 3.8) is 0 Å². The Morgan fingerprint density at radius 2 is 2.27 bits per heavy atom. The number of amides is 1. The molecule has 0 radical (unpaired) electrons. The third-order valence-electron chi connectivity index (χ3n) is 4.06. The van der Waals surface area contributed by atoms with Gasteiger partial charge >= 0.3 is 0 Å². The van der Waals surface area contributed by atoms with Gasteiger partial charge in [-0.2, -0.15) is 5.10 Å². The first kappa shape index (κ1) is 14.9. The average Bonchev–Trinajstić information content (AvgIpc) is 3.15. The van der Waals surface area contributed by atoms with Crippen molar-refractivity contribution in [2.75, 3.05) is 20.2 Å². The summed E-state index contributed by atoms with van der Waals surface area (Å²) in [5.41, 5.74) is 1.65. The SMILES string of the molecule is COc1ccc(C(=O)N2CCC(n3cc(Cl)cn3)C2)c(C)c1. The van der Waals surface area contributed by atoms with E-state index >= 15 is 0 Å². The molecule has 22 heavy (non-hydrogen) atoms. The minimum absolute atomic E-state index is 0.0564. The highest BCUT2D eigenvalue weighted by Crippen LogP contribution is 2.25. The van der Waals surface area contributed by atoms with Crippen LogP contribution < -0.4 is 4.74 Å². The average molecular weight is 320 g/mol. The fraction of sp³-hybridized carbons (Fsp3) is 0.375. The van der Waals surface area contributed by atoms with E-state index in [1.165, 1.54) is 0 Å². The van der Waals surface area contributed by atoms with Crippen LogP contribution in [0.3, 0.4) is 0 Å². The van der Waals surface area contributed by atoms with Crippen molar-refractivity contribution in [1.29, 1.82) is 0 Å². The van der Waals surface area contributed by atoms with E-state index in [1.54, 1.807) is 19.5 Å². The normalized spacial score (nSPS) is 17.8. The van der Waals surface area contributed by atoms with Gasteiger partial charge in [-0.1, -0.05) is 11.6 Å². The smallest absolute Gasteiger partial charge is 0.254 e. The second-order valence-electron chi connectivity index (χ2n) is 5.51. The van der Waals surface area contributed by atoms with E-state index in [2.05, 4.69) is 5.10 Å². The Labute approximate surface area is 134 Å². The highest BCUT2D eigenvalue weighted by molar-refractivity contribution is 6.30. The zero-order chi connectivity index (χ0) is 15.7. The Bertz CT molecular complexity index is 698. The molecular weight excluding hydrogens is 302 g/mol. The molecule has 1 aromatic heterocycles. The van der Waals surface area contributed by atoms with Crippen molar-refractivity contribution in [1.82, 2.24) is 14.7 Å². The van der Waals surface area contributed by atoms with Crippen molar-refractivity contribution in [3.8, 4) is 5.75 Å². The lowest BCUT2D eigenvalue weighted by molar-refractivity contribution is 0.0786. The molecule has 0 aliphatic carbocycles. The van der Waals surface area contributed by atoms with Gasteiger partial charge in [0.15, 0.2) is 0 Å². The quantitative estimate of drug-likeness (QED) is 0.874. The molecule has 0 spiro atoms. The third kappa shape index (κ3) is 2.81. The summed E-state index contributed by atoms with van der Waals surface area (Å²) in [5.74, 6) is 0.820. The van der Waals surface area contributed by atoms with Crippen LogP contribution in [0.1, 0.15) is 28.4 Å². The number of rotatable bonds is 3. The lowest BCUT2D eigenvalue weighted by Crippen LogP contribution is -2.29. The van der Waals surface area contributed by atoms with Gasteiger partial charge in [0, 0.05) is 24.8 Å². The van der Waals surface area contributed by atoms with E-state index in [0.29, 0.717) is 11.6 Å². The molecule has 116 valence electrons. The summed E-state index contributed by atoms with van der Waals surface area (Å²) in [4.78, 5) is 14.5. The molecule has 1 unspecified atom stereocenters. The topological polar surface area (TPSA) is 47.4 Å². The number of aryl methyl sites for hydroxylation is 1. The monoisotopic (exact) mass is 319 g/mol. The fourth-order valence-corrected chi connectivity index (χ4v) is 2.97. The summed E-state index contributed by atoms with van der Waals surface area (Å²) >= 11 is 5.91. The van der Waals surface area contributed by atoms with Crippen LogP contribution in [-0.4, -0.2) is 40.8 Å². The van der Waals surface area contributed by atoms with E-state index in [4.69, 9.17) is 16.3 Å². The van der Waals surface area contributed by atoms with Crippen molar-refractivity contribution in [2.45, 2.75) is 19.4 Å². The van der Waals surface area contributed by atoms with Crippen LogP contribution in [0.4, 0.5) is 0 Å². The van der Waals surface area contributed by atoms with Crippen LogP contribution in [0.2, 0.25) is 5.02 Å². The maximum absolute atomic E-state index is 12.7.